The van der Waals surface area contributed by atoms with E-state index in [1.807, 2.05) is 13.0 Å². The van der Waals surface area contributed by atoms with Crippen molar-refractivity contribution in [2.24, 2.45) is 5.92 Å². The summed E-state index contributed by atoms with van der Waals surface area (Å²) in [6.45, 7) is 1.87. The highest BCUT2D eigenvalue weighted by atomic mass is 16.6. The molecule has 3 atom stereocenters. The molecule has 0 aromatic heterocycles. The number of carbonyl (C=O) groups is 1. The third-order valence-corrected chi connectivity index (χ3v) is 2.10. The van der Waals surface area contributed by atoms with Crippen molar-refractivity contribution >= 4 is 6.09 Å². The van der Waals surface area contributed by atoms with Crippen LogP contribution in [0, 0.1) is 17.2 Å². The van der Waals surface area contributed by atoms with Crippen molar-refractivity contribution in [1.82, 2.24) is 5.32 Å². The van der Waals surface area contributed by atoms with Gasteiger partial charge < -0.3 is 9.47 Å². The first-order chi connectivity index (χ1) is 6.20. The molecule has 2 rings (SSSR count). The molecule has 1 N–H and O–H groups in total. The van der Waals surface area contributed by atoms with Gasteiger partial charge in [0.2, 0.25) is 6.23 Å². The van der Waals surface area contributed by atoms with Gasteiger partial charge in [-0.25, -0.2) is 4.79 Å². The minimum Gasteiger partial charge on any atom is -0.457 e. The Labute approximate surface area is 74.9 Å². The molecule has 0 unspecified atom stereocenters. The van der Waals surface area contributed by atoms with E-state index in [4.69, 9.17) is 14.7 Å². The zero-order valence-electron chi connectivity index (χ0n) is 6.98. The number of allylic oxidation sites excluding steroid dienone is 1. The average molecular weight is 180 g/mol. The van der Waals surface area contributed by atoms with E-state index in [0.29, 0.717) is 0 Å². The van der Waals surface area contributed by atoms with Crippen LogP contribution in [0.3, 0.4) is 0 Å². The number of hydrogen-bond donors (Lipinski definition) is 1. The van der Waals surface area contributed by atoms with Crippen LogP contribution in [-0.2, 0) is 9.47 Å². The Balaban J connectivity index is 2.22. The minimum absolute atomic E-state index is 0.00681. The van der Waals surface area contributed by atoms with Crippen LogP contribution in [0.5, 0.6) is 0 Å². The molecule has 5 heteroatoms. The molecule has 2 aliphatic rings. The zero-order valence-corrected chi connectivity index (χ0v) is 6.98. The van der Waals surface area contributed by atoms with Crippen molar-refractivity contribution in [2.45, 2.75) is 19.3 Å². The molecule has 1 amide bonds. The fourth-order valence-corrected chi connectivity index (χ4v) is 1.47. The van der Waals surface area contributed by atoms with Gasteiger partial charge in [-0.2, -0.15) is 5.26 Å². The van der Waals surface area contributed by atoms with E-state index in [1.54, 1.807) is 6.08 Å². The Kier molecular flexibility index (Phi) is 1.62. The summed E-state index contributed by atoms with van der Waals surface area (Å²) in [7, 11) is 0. The Morgan fingerprint density at radius 2 is 2.38 bits per heavy atom. The molecule has 0 aromatic rings. The quantitative estimate of drug-likeness (QED) is 0.589. The lowest BCUT2D eigenvalue weighted by Gasteiger charge is -2.25. The van der Waals surface area contributed by atoms with Gasteiger partial charge in [-0.15, -0.1) is 0 Å². The van der Waals surface area contributed by atoms with E-state index in [9.17, 15) is 4.79 Å². The first-order valence-electron chi connectivity index (χ1n) is 3.96. The Morgan fingerprint density at radius 3 is 3.08 bits per heavy atom. The van der Waals surface area contributed by atoms with Gasteiger partial charge in [0.1, 0.15) is 6.07 Å². The highest BCUT2D eigenvalue weighted by molar-refractivity contribution is 5.70. The average Bonchev–Trinajstić information content (AvgIpc) is 2.46. The van der Waals surface area contributed by atoms with Gasteiger partial charge in [-0.05, 0) is 6.08 Å². The molecule has 2 heterocycles. The van der Waals surface area contributed by atoms with Gasteiger partial charge in [0.15, 0.2) is 11.9 Å². The van der Waals surface area contributed by atoms with Gasteiger partial charge in [0.05, 0.1) is 0 Å². The summed E-state index contributed by atoms with van der Waals surface area (Å²) in [5.74, 6) is 0.242. The van der Waals surface area contributed by atoms with Crippen molar-refractivity contribution in [3.05, 3.63) is 11.8 Å². The molecule has 0 radical (unpaired) electrons. The van der Waals surface area contributed by atoms with Crippen molar-refractivity contribution in [2.75, 3.05) is 0 Å². The third kappa shape index (κ3) is 1.20. The maximum absolute atomic E-state index is 10.8. The number of nitrogens with zero attached hydrogens (tertiary/aromatic N) is 1. The normalized spacial score (nSPS) is 36.2. The third-order valence-electron chi connectivity index (χ3n) is 2.10. The molecule has 0 saturated carbocycles. The lowest BCUT2D eigenvalue weighted by molar-refractivity contribution is 0.000405. The molecule has 5 nitrogen and oxygen atoms in total. The second-order valence-electron chi connectivity index (χ2n) is 3.05. The standard InChI is InChI=1S/C8H8N2O3/c1-4-2-5(3-9)12-7-6(4)13-8(11)10-7/h2,4,6-7H,1H3,(H,10,11)/t4-,6+,7+/m1/s1. The summed E-state index contributed by atoms with van der Waals surface area (Å²) < 4.78 is 10.1. The van der Waals surface area contributed by atoms with E-state index in [-0.39, 0.29) is 17.8 Å². The van der Waals surface area contributed by atoms with Crippen LogP contribution in [0.4, 0.5) is 4.79 Å². The van der Waals surface area contributed by atoms with Gasteiger partial charge >= 0.3 is 6.09 Å². The molecule has 0 spiro atoms. The molecule has 2 aliphatic heterocycles. The predicted molar refractivity (Wildman–Crippen MR) is 41.1 cm³/mol. The summed E-state index contributed by atoms with van der Waals surface area (Å²) in [5, 5.41) is 11.1. The van der Waals surface area contributed by atoms with Crippen molar-refractivity contribution < 1.29 is 14.3 Å². The van der Waals surface area contributed by atoms with Crippen LogP contribution >= 0.6 is 0 Å². The molecular formula is C8H8N2O3. The van der Waals surface area contributed by atoms with Crippen LogP contribution in [0.1, 0.15) is 6.92 Å². The maximum Gasteiger partial charge on any atom is 0.410 e. The number of hydrogen-bond acceptors (Lipinski definition) is 4. The smallest absolute Gasteiger partial charge is 0.410 e. The first-order valence-corrected chi connectivity index (χ1v) is 3.96. The first kappa shape index (κ1) is 7.92. The second-order valence-corrected chi connectivity index (χ2v) is 3.05. The van der Waals surface area contributed by atoms with Gasteiger partial charge in [0.25, 0.3) is 0 Å². The number of alkyl carbamates (subject to hydrolysis) is 1. The van der Waals surface area contributed by atoms with Crippen molar-refractivity contribution in [1.29, 1.82) is 5.26 Å². The molecular weight excluding hydrogens is 172 g/mol. The lowest BCUT2D eigenvalue weighted by Crippen LogP contribution is -2.39. The van der Waals surface area contributed by atoms with Gasteiger partial charge in [-0.3, -0.25) is 5.32 Å². The van der Waals surface area contributed by atoms with Gasteiger partial charge in [0, 0.05) is 5.92 Å². The summed E-state index contributed by atoms with van der Waals surface area (Å²) >= 11 is 0. The largest absolute Gasteiger partial charge is 0.457 e. The number of rotatable bonds is 0. The second kappa shape index (κ2) is 2.66. The zero-order chi connectivity index (χ0) is 9.42. The SMILES string of the molecule is C[C@@H]1C=C(C#N)O[C@@H]2NC(=O)O[C@@H]12. The van der Waals surface area contributed by atoms with Gasteiger partial charge in [-0.1, -0.05) is 6.92 Å². The maximum atomic E-state index is 10.8. The van der Waals surface area contributed by atoms with Crippen LogP contribution in [0.25, 0.3) is 0 Å². The molecule has 0 bridgehead atoms. The number of carbonyl (C=O) groups excluding carboxylic acids is 1. The van der Waals surface area contributed by atoms with Crippen molar-refractivity contribution in [3.63, 3.8) is 0 Å². The number of ether oxygens (including phenoxy) is 2. The fraction of sp³-hybridized carbons (Fsp3) is 0.500. The van der Waals surface area contributed by atoms with Crippen LogP contribution < -0.4 is 5.32 Å². The number of fused-ring (bicyclic) bond motifs is 1. The summed E-state index contributed by atoms with van der Waals surface area (Å²) in [5.41, 5.74) is 0. The Morgan fingerprint density at radius 1 is 1.62 bits per heavy atom. The summed E-state index contributed by atoms with van der Waals surface area (Å²) in [6.07, 6.45) is 0.336. The van der Waals surface area contributed by atoms with Crippen LogP contribution in [-0.4, -0.2) is 18.4 Å². The van der Waals surface area contributed by atoms with E-state index < -0.39 is 12.3 Å². The molecule has 68 valence electrons. The lowest BCUT2D eigenvalue weighted by atomic mass is 10.0. The van der Waals surface area contributed by atoms with Crippen molar-refractivity contribution in [3.8, 4) is 6.07 Å². The highest BCUT2D eigenvalue weighted by Gasteiger charge is 2.42. The number of nitriles is 1. The minimum atomic E-state index is -0.512. The van der Waals surface area contributed by atoms with Crippen LogP contribution in [0.15, 0.2) is 11.8 Å². The summed E-state index contributed by atoms with van der Waals surface area (Å²) in [4.78, 5) is 10.8. The Bertz CT molecular complexity index is 318. The van der Waals surface area contributed by atoms with Crippen LogP contribution in [0.2, 0.25) is 0 Å². The number of nitrogens with one attached hydrogen (secondary N) is 1. The monoisotopic (exact) mass is 180 g/mol. The number of amides is 1. The Hall–Kier alpha value is -1.70. The molecule has 1 fully saturated rings. The molecule has 0 aliphatic carbocycles. The van der Waals surface area contributed by atoms with E-state index in [1.165, 1.54) is 0 Å². The highest BCUT2D eigenvalue weighted by Crippen LogP contribution is 2.26. The van der Waals surface area contributed by atoms with E-state index in [2.05, 4.69) is 5.32 Å². The molecule has 13 heavy (non-hydrogen) atoms. The van der Waals surface area contributed by atoms with E-state index in [0.717, 1.165) is 0 Å². The van der Waals surface area contributed by atoms with E-state index >= 15 is 0 Å². The topological polar surface area (TPSA) is 71.3 Å². The summed E-state index contributed by atoms with van der Waals surface area (Å²) in [6, 6.07) is 1.89. The predicted octanol–water partition coefficient (Wildman–Crippen LogP) is 0.495. The fourth-order valence-electron chi connectivity index (χ4n) is 1.47. The molecule has 0 aromatic carbocycles. The molecule has 1 saturated heterocycles.